The van der Waals surface area contributed by atoms with Crippen molar-refractivity contribution < 1.29 is 4.43 Å². The molecule has 94 valence electrons. The van der Waals surface area contributed by atoms with Gasteiger partial charge in [0.2, 0.25) is 0 Å². The van der Waals surface area contributed by atoms with Crippen molar-refractivity contribution in [2.75, 3.05) is 0 Å². The smallest absolute Gasteiger partial charge is 0.193 e. The largest absolute Gasteiger partial charge is 0.407 e. The van der Waals surface area contributed by atoms with Crippen LogP contribution in [0.2, 0.25) is 18.1 Å². The molecule has 0 heterocycles. The zero-order valence-electron chi connectivity index (χ0n) is 11.7. The summed E-state index contributed by atoms with van der Waals surface area (Å²) in [6.07, 6.45) is 1.91. The summed E-state index contributed by atoms with van der Waals surface area (Å²) >= 11 is 0. The lowest BCUT2D eigenvalue weighted by Gasteiger charge is -2.38. The molecule has 0 bridgehead atoms. The predicted octanol–water partition coefficient (Wildman–Crippen LogP) is 4.94. The Labute approximate surface area is 107 Å². The molecule has 0 spiro atoms. The SMILES string of the molecule is C=C[C@@H](O[Si](C)(C)C(C)(C)C)c1ccccc1. The number of hydrogen-bond acceptors (Lipinski definition) is 1. The van der Waals surface area contributed by atoms with Gasteiger partial charge in [0.15, 0.2) is 8.32 Å². The molecule has 0 radical (unpaired) electrons. The first-order chi connectivity index (χ1) is 7.78. The molecular weight excluding hydrogens is 224 g/mol. The fourth-order valence-corrected chi connectivity index (χ4v) is 2.61. The molecule has 2 heteroatoms. The van der Waals surface area contributed by atoms with Gasteiger partial charge in [0.1, 0.15) is 0 Å². The van der Waals surface area contributed by atoms with E-state index >= 15 is 0 Å². The minimum Gasteiger partial charge on any atom is -0.407 e. The highest BCUT2D eigenvalue weighted by atomic mass is 28.4. The van der Waals surface area contributed by atoms with Gasteiger partial charge in [-0.05, 0) is 23.7 Å². The summed E-state index contributed by atoms with van der Waals surface area (Å²) in [4.78, 5) is 0. The zero-order valence-corrected chi connectivity index (χ0v) is 12.7. The molecule has 0 saturated heterocycles. The van der Waals surface area contributed by atoms with Gasteiger partial charge >= 0.3 is 0 Å². The lowest BCUT2D eigenvalue weighted by Crippen LogP contribution is -2.41. The lowest BCUT2D eigenvalue weighted by atomic mass is 10.1. The van der Waals surface area contributed by atoms with E-state index in [1.807, 2.05) is 24.3 Å². The molecule has 17 heavy (non-hydrogen) atoms. The van der Waals surface area contributed by atoms with Crippen LogP contribution in [0.1, 0.15) is 32.4 Å². The van der Waals surface area contributed by atoms with E-state index in [0.29, 0.717) is 0 Å². The van der Waals surface area contributed by atoms with Gasteiger partial charge in [0, 0.05) is 0 Å². The van der Waals surface area contributed by atoms with Crippen molar-refractivity contribution in [3.63, 3.8) is 0 Å². The molecule has 0 aromatic heterocycles. The van der Waals surface area contributed by atoms with Crippen molar-refractivity contribution in [1.82, 2.24) is 0 Å². The molecule has 1 atom stereocenters. The van der Waals surface area contributed by atoms with Gasteiger partial charge in [0.25, 0.3) is 0 Å². The zero-order chi connectivity index (χ0) is 13.1. The molecule has 0 aliphatic carbocycles. The molecule has 0 aliphatic heterocycles. The van der Waals surface area contributed by atoms with Gasteiger partial charge in [-0.25, -0.2) is 0 Å². The highest BCUT2D eigenvalue weighted by Gasteiger charge is 2.38. The normalized spacial score (nSPS) is 14.4. The Kier molecular flexibility index (Phi) is 4.34. The average molecular weight is 248 g/mol. The van der Waals surface area contributed by atoms with E-state index in [4.69, 9.17) is 4.43 Å². The molecule has 0 N–H and O–H groups in total. The van der Waals surface area contributed by atoms with Crippen LogP contribution in [0.25, 0.3) is 0 Å². The highest BCUT2D eigenvalue weighted by Crippen LogP contribution is 2.39. The third-order valence-corrected chi connectivity index (χ3v) is 8.03. The summed E-state index contributed by atoms with van der Waals surface area (Å²) in [5.41, 5.74) is 1.19. The predicted molar refractivity (Wildman–Crippen MR) is 77.7 cm³/mol. The molecule has 1 rings (SSSR count). The van der Waals surface area contributed by atoms with Crippen molar-refractivity contribution in [3.8, 4) is 0 Å². The average Bonchev–Trinajstić information content (AvgIpc) is 2.25. The van der Waals surface area contributed by atoms with E-state index in [9.17, 15) is 0 Å². The summed E-state index contributed by atoms with van der Waals surface area (Å²) < 4.78 is 6.36. The van der Waals surface area contributed by atoms with Crippen LogP contribution in [0, 0.1) is 0 Å². The van der Waals surface area contributed by atoms with Crippen molar-refractivity contribution in [3.05, 3.63) is 48.6 Å². The maximum atomic E-state index is 6.36. The fourth-order valence-electron chi connectivity index (χ4n) is 1.39. The number of rotatable bonds is 4. The number of hydrogen-bond donors (Lipinski definition) is 0. The second kappa shape index (κ2) is 5.19. The van der Waals surface area contributed by atoms with Crippen LogP contribution in [0.3, 0.4) is 0 Å². The molecule has 0 unspecified atom stereocenters. The van der Waals surface area contributed by atoms with Crippen LogP contribution in [0.4, 0.5) is 0 Å². The summed E-state index contributed by atoms with van der Waals surface area (Å²) in [7, 11) is -1.74. The summed E-state index contributed by atoms with van der Waals surface area (Å²) in [6.45, 7) is 15.2. The fraction of sp³-hybridized carbons (Fsp3) is 0.467. The quantitative estimate of drug-likeness (QED) is 0.542. The lowest BCUT2D eigenvalue weighted by molar-refractivity contribution is 0.230. The minimum absolute atomic E-state index is 0.0112. The molecule has 0 fully saturated rings. The Morgan fingerprint density at radius 1 is 1.18 bits per heavy atom. The van der Waals surface area contributed by atoms with Crippen LogP contribution < -0.4 is 0 Å². The summed E-state index contributed by atoms with van der Waals surface area (Å²) in [5, 5.41) is 0.225. The van der Waals surface area contributed by atoms with Crippen LogP contribution in [0.15, 0.2) is 43.0 Å². The van der Waals surface area contributed by atoms with E-state index in [0.717, 1.165) is 0 Å². The summed E-state index contributed by atoms with van der Waals surface area (Å²) in [6, 6.07) is 10.3. The Balaban J connectivity index is 2.89. The van der Waals surface area contributed by atoms with Gasteiger partial charge in [-0.15, -0.1) is 6.58 Å². The molecule has 1 nitrogen and oxygen atoms in total. The molecule has 0 aliphatic rings. The van der Waals surface area contributed by atoms with E-state index in [1.165, 1.54) is 5.56 Å². The maximum absolute atomic E-state index is 6.36. The monoisotopic (exact) mass is 248 g/mol. The highest BCUT2D eigenvalue weighted by molar-refractivity contribution is 6.74. The third kappa shape index (κ3) is 3.55. The van der Waals surface area contributed by atoms with Crippen molar-refractivity contribution >= 4 is 8.32 Å². The Morgan fingerprint density at radius 3 is 2.12 bits per heavy atom. The van der Waals surface area contributed by atoms with Crippen LogP contribution >= 0.6 is 0 Å². The van der Waals surface area contributed by atoms with Crippen molar-refractivity contribution in [1.29, 1.82) is 0 Å². The summed E-state index contributed by atoms with van der Waals surface area (Å²) in [5.74, 6) is 0. The standard InChI is InChI=1S/C15H24OSi/c1-7-14(13-11-9-8-10-12-13)16-17(5,6)15(2,3)4/h7-12,14H,1H2,2-6H3/t14-/m1/s1. The van der Waals surface area contributed by atoms with E-state index < -0.39 is 8.32 Å². The van der Waals surface area contributed by atoms with Gasteiger partial charge in [-0.3, -0.25) is 0 Å². The Bertz CT molecular complexity index is 362. The Hall–Kier alpha value is -0.863. The molecule has 1 aromatic carbocycles. The van der Waals surface area contributed by atoms with Gasteiger partial charge in [-0.2, -0.15) is 0 Å². The number of benzene rings is 1. The van der Waals surface area contributed by atoms with E-state index in [-0.39, 0.29) is 11.1 Å². The second-order valence-corrected chi connectivity index (χ2v) is 10.7. The first-order valence-corrected chi connectivity index (χ1v) is 9.04. The van der Waals surface area contributed by atoms with E-state index in [1.54, 1.807) is 0 Å². The van der Waals surface area contributed by atoms with Crippen LogP contribution in [-0.2, 0) is 4.43 Å². The van der Waals surface area contributed by atoms with Crippen molar-refractivity contribution in [2.24, 2.45) is 0 Å². The first kappa shape index (κ1) is 14.2. The van der Waals surface area contributed by atoms with E-state index in [2.05, 4.69) is 52.6 Å². The second-order valence-electron chi connectivity index (χ2n) is 5.95. The van der Waals surface area contributed by atoms with Crippen LogP contribution in [0.5, 0.6) is 0 Å². The van der Waals surface area contributed by atoms with Crippen molar-refractivity contribution in [2.45, 2.75) is 45.0 Å². The van der Waals surface area contributed by atoms with Crippen LogP contribution in [-0.4, -0.2) is 8.32 Å². The third-order valence-electron chi connectivity index (χ3n) is 3.57. The van der Waals surface area contributed by atoms with Gasteiger partial charge < -0.3 is 4.43 Å². The van der Waals surface area contributed by atoms with Gasteiger partial charge in [-0.1, -0.05) is 57.2 Å². The first-order valence-electron chi connectivity index (χ1n) is 6.13. The van der Waals surface area contributed by atoms with Gasteiger partial charge in [0.05, 0.1) is 6.10 Å². The molecule has 0 saturated carbocycles. The maximum Gasteiger partial charge on any atom is 0.193 e. The minimum atomic E-state index is -1.74. The Morgan fingerprint density at radius 2 is 1.71 bits per heavy atom. The topological polar surface area (TPSA) is 9.23 Å². The molecular formula is C15H24OSi. The molecule has 1 aromatic rings. The molecule has 0 amide bonds.